The number of hydrogen-bond donors (Lipinski definition) is 2. The summed E-state index contributed by atoms with van der Waals surface area (Å²) >= 11 is 0. The highest BCUT2D eigenvalue weighted by Crippen LogP contribution is 2.27. The number of carboxylic acid groups (broad SMARTS) is 1. The van der Waals surface area contributed by atoms with Crippen LogP contribution in [-0.4, -0.2) is 17.0 Å². The van der Waals surface area contributed by atoms with Crippen molar-refractivity contribution in [2.45, 2.75) is 0 Å². The number of halogens is 1. The lowest BCUT2D eigenvalue weighted by Gasteiger charge is -2.10. The minimum Gasteiger partial charge on any atom is -0.478 e. The summed E-state index contributed by atoms with van der Waals surface area (Å²) in [6.07, 6.45) is 0. The van der Waals surface area contributed by atoms with Crippen LogP contribution in [0.15, 0.2) is 42.5 Å². The molecule has 102 valence electrons. The molecule has 2 aromatic carbocycles. The van der Waals surface area contributed by atoms with E-state index in [0.717, 1.165) is 6.07 Å². The van der Waals surface area contributed by atoms with Crippen LogP contribution in [0.4, 0.5) is 4.39 Å². The van der Waals surface area contributed by atoms with Crippen LogP contribution in [0.25, 0.3) is 0 Å². The summed E-state index contributed by atoms with van der Waals surface area (Å²) in [5.41, 5.74) is 5.09. The number of carboxylic acids is 1. The largest absolute Gasteiger partial charge is 0.478 e. The molecule has 1 amide bonds. The van der Waals surface area contributed by atoms with Crippen LogP contribution in [0.2, 0.25) is 0 Å². The number of amides is 1. The third kappa shape index (κ3) is 2.74. The highest BCUT2D eigenvalue weighted by atomic mass is 19.1. The number of benzene rings is 2. The van der Waals surface area contributed by atoms with Gasteiger partial charge in [0.05, 0.1) is 11.1 Å². The molecule has 0 aliphatic heterocycles. The van der Waals surface area contributed by atoms with Crippen molar-refractivity contribution >= 4 is 11.9 Å². The Labute approximate surface area is 113 Å². The number of primary amides is 1. The number of aromatic carboxylic acids is 1. The van der Waals surface area contributed by atoms with E-state index >= 15 is 0 Å². The Kier molecular flexibility index (Phi) is 3.65. The fourth-order valence-corrected chi connectivity index (χ4v) is 1.59. The van der Waals surface area contributed by atoms with Gasteiger partial charge in [0.1, 0.15) is 5.75 Å². The molecule has 0 bridgehead atoms. The van der Waals surface area contributed by atoms with Crippen molar-refractivity contribution in [1.82, 2.24) is 0 Å². The third-order valence-electron chi connectivity index (χ3n) is 2.55. The maximum Gasteiger partial charge on any atom is 0.335 e. The molecule has 20 heavy (non-hydrogen) atoms. The van der Waals surface area contributed by atoms with Crippen molar-refractivity contribution in [1.29, 1.82) is 0 Å². The molecule has 0 fully saturated rings. The van der Waals surface area contributed by atoms with Gasteiger partial charge in [-0.1, -0.05) is 12.1 Å². The van der Waals surface area contributed by atoms with E-state index in [9.17, 15) is 14.0 Å². The van der Waals surface area contributed by atoms with E-state index in [1.807, 2.05) is 0 Å². The summed E-state index contributed by atoms with van der Waals surface area (Å²) < 4.78 is 19.0. The summed E-state index contributed by atoms with van der Waals surface area (Å²) in [5.74, 6) is -2.88. The lowest BCUT2D eigenvalue weighted by atomic mass is 10.2. The zero-order valence-electron chi connectivity index (χ0n) is 10.2. The molecular formula is C14H10FNO4. The normalized spacial score (nSPS) is 10.1. The number of nitrogens with two attached hydrogens (primary N) is 1. The zero-order valence-corrected chi connectivity index (χ0v) is 10.2. The SMILES string of the molecule is NC(=O)c1ccccc1Oc1ccc(C(=O)O)cc1F. The zero-order chi connectivity index (χ0) is 14.7. The van der Waals surface area contributed by atoms with Crippen LogP contribution in [0, 0.1) is 5.82 Å². The molecule has 0 aliphatic carbocycles. The Morgan fingerprint density at radius 3 is 2.40 bits per heavy atom. The van der Waals surface area contributed by atoms with Gasteiger partial charge in [0, 0.05) is 0 Å². The van der Waals surface area contributed by atoms with Gasteiger partial charge in [-0.25, -0.2) is 9.18 Å². The molecule has 0 heterocycles. The fraction of sp³-hybridized carbons (Fsp3) is 0. The molecule has 3 N–H and O–H groups in total. The smallest absolute Gasteiger partial charge is 0.335 e. The predicted octanol–water partition coefficient (Wildman–Crippen LogP) is 2.42. The molecule has 5 nitrogen and oxygen atoms in total. The number of carbonyl (C=O) groups excluding carboxylic acids is 1. The number of para-hydroxylation sites is 1. The summed E-state index contributed by atoms with van der Waals surface area (Å²) in [6.45, 7) is 0. The monoisotopic (exact) mass is 275 g/mol. The van der Waals surface area contributed by atoms with Crippen molar-refractivity contribution in [3.8, 4) is 11.5 Å². The Morgan fingerprint density at radius 1 is 1.10 bits per heavy atom. The van der Waals surface area contributed by atoms with Crippen LogP contribution in [0.1, 0.15) is 20.7 Å². The summed E-state index contributed by atoms with van der Waals surface area (Å²) in [4.78, 5) is 21.9. The van der Waals surface area contributed by atoms with Gasteiger partial charge in [0.2, 0.25) is 0 Å². The molecule has 0 spiro atoms. The molecule has 2 aromatic rings. The van der Waals surface area contributed by atoms with Crippen molar-refractivity contribution in [2.75, 3.05) is 0 Å². The second kappa shape index (κ2) is 5.40. The fourth-order valence-electron chi connectivity index (χ4n) is 1.59. The average Bonchev–Trinajstić information content (AvgIpc) is 2.41. The lowest BCUT2D eigenvalue weighted by molar-refractivity contribution is 0.0696. The first kappa shape index (κ1) is 13.5. The second-order valence-electron chi connectivity index (χ2n) is 3.91. The molecule has 0 aromatic heterocycles. The summed E-state index contributed by atoms with van der Waals surface area (Å²) in [6, 6.07) is 9.32. The minimum absolute atomic E-state index is 0.0991. The van der Waals surface area contributed by atoms with Gasteiger partial charge in [-0.3, -0.25) is 4.79 Å². The number of ether oxygens (including phenoxy) is 1. The van der Waals surface area contributed by atoms with Gasteiger partial charge in [-0.05, 0) is 30.3 Å². The Bertz CT molecular complexity index is 685. The molecule has 0 saturated carbocycles. The number of hydrogen-bond acceptors (Lipinski definition) is 3. The molecule has 0 saturated heterocycles. The van der Waals surface area contributed by atoms with Crippen LogP contribution in [0.5, 0.6) is 11.5 Å². The lowest BCUT2D eigenvalue weighted by Crippen LogP contribution is -2.12. The van der Waals surface area contributed by atoms with E-state index in [4.69, 9.17) is 15.6 Å². The standard InChI is InChI=1S/C14H10FNO4/c15-10-7-8(14(18)19)5-6-12(10)20-11-4-2-1-3-9(11)13(16)17/h1-7H,(H2,16,17)(H,18,19). The molecule has 0 radical (unpaired) electrons. The second-order valence-corrected chi connectivity index (χ2v) is 3.91. The van der Waals surface area contributed by atoms with Gasteiger partial charge in [0.25, 0.3) is 5.91 Å². The molecule has 0 aliphatic rings. The molecule has 6 heteroatoms. The summed E-state index contributed by atoms with van der Waals surface area (Å²) in [7, 11) is 0. The van der Waals surface area contributed by atoms with Crippen LogP contribution >= 0.6 is 0 Å². The quantitative estimate of drug-likeness (QED) is 0.896. The van der Waals surface area contributed by atoms with E-state index in [1.165, 1.54) is 24.3 Å². The topological polar surface area (TPSA) is 89.6 Å². The van der Waals surface area contributed by atoms with Crippen molar-refractivity contribution < 1.29 is 23.8 Å². The highest BCUT2D eigenvalue weighted by molar-refractivity contribution is 5.95. The first-order valence-electron chi connectivity index (χ1n) is 5.58. The summed E-state index contributed by atoms with van der Waals surface area (Å²) in [5, 5.41) is 8.74. The Morgan fingerprint density at radius 2 is 1.80 bits per heavy atom. The average molecular weight is 275 g/mol. The van der Waals surface area contributed by atoms with E-state index < -0.39 is 17.7 Å². The van der Waals surface area contributed by atoms with Gasteiger partial charge in [-0.15, -0.1) is 0 Å². The predicted molar refractivity (Wildman–Crippen MR) is 68.4 cm³/mol. The highest BCUT2D eigenvalue weighted by Gasteiger charge is 2.13. The number of rotatable bonds is 4. The maximum atomic E-state index is 13.7. The molecule has 0 unspecified atom stereocenters. The van der Waals surface area contributed by atoms with Crippen molar-refractivity contribution in [3.05, 3.63) is 59.4 Å². The van der Waals surface area contributed by atoms with Crippen LogP contribution in [0.3, 0.4) is 0 Å². The van der Waals surface area contributed by atoms with E-state index in [-0.39, 0.29) is 22.6 Å². The van der Waals surface area contributed by atoms with Gasteiger partial charge in [-0.2, -0.15) is 0 Å². The first-order chi connectivity index (χ1) is 9.49. The number of carbonyl (C=O) groups is 2. The Hall–Kier alpha value is -2.89. The minimum atomic E-state index is -1.24. The van der Waals surface area contributed by atoms with Crippen molar-refractivity contribution in [2.24, 2.45) is 5.73 Å². The van der Waals surface area contributed by atoms with Gasteiger partial charge in [0.15, 0.2) is 11.6 Å². The van der Waals surface area contributed by atoms with Gasteiger partial charge >= 0.3 is 5.97 Å². The van der Waals surface area contributed by atoms with E-state index in [1.54, 1.807) is 12.1 Å². The maximum absolute atomic E-state index is 13.7. The van der Waals surface area contributed by atoms with E-state index in [0.29, 0.717) is 0 Å². The van der Waals surface area contributed by atoms with Gasteiger partial charge < -0.3 is 15.6 Å². The first-order valence-corrected chi connectivity index (χ1v) is 5.58. The Balaban J connectivity index is 2.36. The molecule has 2 rings (SSSR count). The van der Waals surface area contributed by atoms with Crippen molar-refractivity contribution in [3.63, 3.8) is 0 Å². The third-order valence-corrected chi connectivity index (χ3v) is 2.55. The molecular weight excluding hydrogens is 265 g/mol. The van der Waals surface area contributed by atoms with Crippen LogP contribution in [-0.2, 0) is 0 Å². The van der Waals surface area contributed by atoms with E-state index in [2.05, 4.69) is 0 Å². The van der Waals surface area contributed by atoms with Crippen LogP contribution < -0.4 is 10.5 Å². The molecule has 0 atom stereocenters.